The Morgan fingerprint density at radius 2 is 2.07 bits per heavy atom. The number of piperidine rings is 1. The molecule has 2 aromatic rings. The molecule has 2 N–H and O–H groups in total. The number of carbonyl (C=O) groups excluding carboxylic acids is 2. The quantitative estimate of drug-likeness (QED) is 0.605. The highest BCUT2D eigenvalue weighted by atomic mass is 32.2. The molecule has 3 rings (SSSR count). The maximum Gasteiger partial charge on any atom is 0.271 e. The number of rotatable bonds is 8. The summed E-state index contributed by atoms with van der Waals surface area (Å²) in [4.78, 5) is 27.1. The summed E-state index contributed by atoms with van der Waals surface area (Å²) >= 11 is 1.13. The lowest BCUT2D eigenvalue weighted by Crippen LogP contribution is -2.45. The molecule has 1 fully saturated rings. The van der Waals surface area contributed by atoms with Crippen molar-refractivity contribution in [2.45, 2.75) is 36.8 Å². The van der Waals surface area contributed by atoms with E-state index in [2.05, 4.69) is 17.0 Å². The summed E-state index contributed by atoms with van der Waals surface area (Å²) in [6.07, 6.45) is 3.49. The highest BCUT2D eigenvalue weighted by Crippen LogP contribution is 2.23. The van der Waals surface area contributed by atoms with Crippen molar-refractivity contribution in [3.05, 3.63) is 47.3 Å². The number of hydrogen-bond acceptors (Lipinski definition) is 5. The Morgan fingerprint density at radius 3 is 2.80 bits per heavy atom. The summed E-state index contributed by atoms with van der Waals surface area (Å²) in [5.41, 5.74) is 0.730. The average molecular weight is 450 g/mol. The Bertz CT molecular complexity index is 974. The van der Waals surface area contributed by atoms with Crippen LogP contribution in [-0.4, -0.2) is 44.8 Å². The summed E-state index contributed by atoms with van der Waals surface area (Å²) in [7, 11) is -3.68. The van der Waals surface area contributed by atoms with Crippen LogP contribution >= 0.6 is 11.3 Å². The minimum Gasteiger partial charge on any atom is -0.356 e. The summed E-state index contributed by atoms with van der Waals surface area (Å²) < 4.78 is 27.6. The van der Waals surface area contributed by atoms with Crippen LogP contribution in [0.25, 0.3) is 0 Å². The lowest BCUT2D eigenvalue weighted by Gasteiger charge is -2.32. The van der Waals surface area contributed by atoms with Crippen LogP contribution in [0, 0.1) is 5.92 Å². The molecule has 162 valence electrons. The fourth-order valence-electron chi connectivity index (χ4n) is 3.43. The molecular formula is C21H27N3O4S2. The van der Waals surface area contributed by atoms with Gasteiger partial charge in [-0.2, -0.15) is 0 Å². The molecule has 7 nitrogen and oxygen atoms in total. The molecule has 0 spiro atoms. The predicted molar refractivity (Wildman–Crippen MR) is 118 cm³/mol. The number of sulfonamides is 1. The number of likely N-dealkylation sites (tertiary alicyclic amines) is 1. The van der Waals surface area contributed by atoms with E-state index in [0.717, 1.165) is 37.0 Å². The van der Waals surface area contributed by atoms with Gasteiger partial charge in [-0.25, -0.2) is 8.42 Å². The van der Waals surface area contributed by atoms with Gasteiger partial charge in [0.2, 0.25) is 5.91 Å². The van der Waals surface area contributed by atoms with Crippen LogP contribution in [0.1, 0.15) is 43.0 Å². The van der Waals surface area contributed by atoms with Gasteiger partial charge in [0.05, 0.1) is 5.92 Å². The molecule has 2 heterocycles. The first-order valence-electron chi connectivity index (χ1n) is 10.1. The molecule has 9 heteroatoms. The van der Waals surface area contributed by atoms with Gasteiger partial charge in [0.25, 0.3) is 15.9 Å². The highest BCUT2D eigenvalue weighted by Gasteiger charge is 2.29. The Balaban J connectivity index is 1.66. The number of amides is 2. The summed E-state index contributed by atoms with van der Waals surface area (Å²) in [5, 5.41) is 4.64. The van der Waals surface area contributed by atoms with Gasteiger partial charge >= 0.3 is 0 Å². The second-order valence-corrected chi connectivity index (χ2v) is 10.2. The molecule has 1 aromatic heterocycles. The third-order valence-electron chi connectivity index (χ3n) is 5.03. The standard InChI is InChI=1S/C21H27N3O4S2/c1-2-3-11-22-20(25)17-8-5-12-24(15-17)21(26)16-7-4-9-18(14-16)23-30(27,28)19-10-6-13-29-19/h4,6-7,9-10,13-14,17,23H,2-3,5,8,11-12,15H2,1H3,(H,22,25). The van der Waals surface area contributed by atoms with Crippen LogP contribution in [0.2, 0.25) is 0 Å². The Labute approximate surface area is 181 Å². The molecule has 0 aliphatic carbocycles. The molecule has 1 aliphatic rings. The monoisotopic (exact) mass is 449 g/mol. The van der Waals surface area contributed by atoms with Gasteiger partial charge in [-0.05, 0) is 48.9 Å². The molecule has 1 atom stereocenters. The van der Waals surface area contributed by atoms with Gasteiger partial charge in [0, 0.05) is 30.9 Å². The molecule has 1 aromatic carbocycles. The SMILES string of the molecule is CCCCNC(=O)C1CCCN(C(=O)c2cccc(NS(=O)(=O)c3cccs3)c2)C1. The first-order valence-corrected chi connectivity index (χ1v) is 12.5. The Kier molecular flexibility index (Phi) is 7.49. The number of benzene rings is 1. The third kappa shape index (κ3) is 5.60. The van der Waals surface area contributed by atoms with Crippen molar-refractivity contribution in [2.75, 3.05) is 24.4 Å². The molecule has 1 unspecified atom stereocenters. The van der Waals surface area contributed by atoms with Gasteiger partial charge in [-0.15, -0.1) is 11.3 Å². The van der Waals surface area contributed by atoms with Crippen molar-refractivity contribution in [1.82, 2.24) is 10.2 Å². The van der Waals surface area contributed by atoms with Crippen molar-refractivity contribution < 1.29 is 18.0 Å². The largest absolute Gasteiger partial charge is 0.356 e. The molecule has 0 radical (unpaired) electrons. The summed E-state index contributed by atoms with van der Waals surface area (Å²) in [5.74, 6) is -0.406. The molecule has 1 aliphatic heterocycles. The van der Waals surface area contributed by atoms with Crippen molar-refractivity contribution in [3.63, 3.8) is 0 Å². The Hall–Kier alpha value is -2.39. The molecule has 0 bridgehead atoms. The predicted octanol–water partition coefficient (Wildman–Crippen LogP) is 3.32. The van der Waals surface area contributed by atoms with Crippen molar-refractivity contribution >= 4 is 38.9 Å². The number of nitrogens with one attached hydrogen (secondary N) is 2. The molecule has 0 saturated carbocycles. The van der Waals surface area contributed by atoms with Gasteiger partial charge < -0.3 is 10.2 Å². The lowest BCUT2D eigenvalue weighted by molar-refractivity contribution is -0.126. The highest BCUT2D eigenvalue weighted by molar-refractivity contribution is 7.94. The smallest absolute Gasteiger partial charge is 0.271 e. The lowest BCUT2D eigenvalue weighted by atomic mass is 9.96. The molecule has 2 amide bonds. The second kappa shape index (κ2) is 10.1. The topological polar surface area (TPSA) is 95.6 Å². The van der Waals surface area contributed by atoms with Gasteiger partial charge in [-0.3, -0.25) is 14.3 Å². The van der Waals surface area contributed by atoms with Gasteiger partial charge in [-0.1, -0.05) is 25.5 Å². The van der Waals surface area contributed by atoms with E-state index < -0.39 is 10.0 Å². The van der Waals surface area contributed by atoms with E-state index in [4.69, 9.17) is 0 Å². The van der Waals surface area contributed by atoms with Gasteiger partial charge in [0.15, 0.2) is 0 Å². The number of carbonyl (C=O) groups is 2. The number of anilines is 1. The van der Waals surface area contributed by atoms with Crippen molar-refractivity contribution in [1.29, 1.82) is 0 Å². The number of thiophene rings is 1. The number of unbranched alkanes of at least 4 members (excludes halogenated alkanes) is 1. The van der Waals surface area contributed by atoms with E-state index in [1.807, 2.05) is 0 Å². The average Bonchev–Trinajstić information content (AvgIpc) is 3.29. The first-order chi connectivity index (χ1) is 14.4. The van der Waals surface area contributed by atoms with E-state index in [-0.39, 0.29) is 21.9 Å². The van der Waals surface area contributed by atoms with Crippen molar-refractivity contribution in [2.24, 2.45) is 5.92 Å². The fourth-order valence-corrected chi connectivity index (χ4v) is 5.47. The zero-order chi connectivity index (χ0) is 21.6. The minimum atomic E-state index is -3.68. The first kappa shape index (κ1) is 22.3. The Morgan fingerprint density at radius 1 is 1.23 bits per heavy atom. The van der Waals surface area contributed by atoms with E-state index >= 15 is 0 Å². The molecular weight excluding hydrogens is 422 g/mol. The van der Waals surface area contributed by atoms with Gasteiger partial charge in [0.1, 0.15) is 4.21 Å². The van der Waals surface area contributed by atoms with Crippen LogP contribution in [0.4, 0.5) is 5.69 Å². The zero-order valence-corrected chi connectivity index (χ0v) is 18.6. The zero-order valence-electron chi connectivity index (χ0n) is 17.0. The van der Waals surface area contributed by atoms with Crippen LogP contribution in [-0.2, 0) is 14.8 Å². The minimum absolute atomic E-state index is 0.00147. The number of hydrogen-bond donors (Lipinski definition) is 2. The molecule has 1 saturated heterocycles. The second-order valence-electron chi connectivity index (χ2n) is 7.35. The maximum absolute atomic E-state index is 13.0. The number of nitrogens with zero attached hydrogens (tertiary/aromatic N) is 1. The van der Waals surface area contributed by atoms with Crippen LogP contribution in [0.5, 0.6) is 0 Å². The van der Waals surface area contributed by atoms with Crippen LogP contribution in [0.3, 0.4) is 0 Å². The molecule has 30 heavy (non-hydrogen) atoms. The van der Waals surface area contributed by atoms with Crippen molar-refractivity contribution in [3.8, 4) is 0 Å². The van der Waals surface area contributed by atoms with E-state index in [1.165, 1.54) is 6.07 Å². The van der Waals surface area contributed by atoms with E-state index in [0.29, 0.717) is 30.9 Å². The third-order valence-corrected chi connectivity index (χ3v) is 7.81. The van der Waals surface area contributed by atoms with Crippen LogP contribution in [0.15, 0.2) is 46.0 Å². The summed E-state index contributed by atoms with van der Waals surface area (Å²) in [6.45, 7) is 3.69. The van der Waals surface area contributed by atoms with E-state index in [9.17, 15) is 18.0 Å². The summed E-state index contributed by atoms with van der Waals surface area (Å²) in [6, 6.07) is 9.67. The fraction of sp³-hybridized carbons (Fsp3) is 0.429. The maximum atomic E-state index is 13.0. The van der Waals surface area contributed by atoms with E-state index in [1.54, 1.807) is 40.6 Å². The van der Waals surface area contributed by atoms with Crippen LogP contribution < -0.4 is 10.0 Å². The normalized spacial score (nSPS) is 16.8.